The summed E-state index contributed by atoms with van der Waals surface area (Å²) in [6.07, 6.45) is 9.87. The zero-order valence-corrected chi connectivity index (χ0v) is 11.4. The molecule has 0 atom stereocenters. The van der Waals surface area contributed by atoms with Gasteiger partial charge in [-0.05, 0) is 25.7 Å². The van der Waals surface area contributed by atoms with Crippen LogP contribution in [0.15, 0.2) is 0 Å². The van der Waals surface area contributed by atoms with E-state index in [4.69, 9.17) is 5.11 Å². The molecular formula is C14H24N2O3. The Bertz CT molecular complexity index is 303. The van der Waals surface area contributed by atoms with Gasteiger partial charge in [0.05, 0.1) is 0 Å². The largest absolute Gasteiger partial charge is 0.465 e. The lowest BCUT2D eigenvalue weighted by Crippen LogP contribution is -2.53. The summed E-state index contributed by atoms with van der Waals surface area (Å²) in [5.74, 6) is 0. The van der Waals surface area contributed by atoms with Crippen molar-refractivity contribution in [2.24, 2.45) is 0 Å². The van der Waals surface area contributed by atoms with E-state index in [1.54, 1.807) is 0 Å². The van der Waals surface area contributed by atoms with E-state index in [-0.39, 0.29) is 12.1 Å². The monoisotopic (exact) mass is 268 g/mol. The van der Waals surface area contributed by atoms with Crippen molar-refractivity contribution in [1.82, 2.24) is 10.2 Å². The summed E-state index contributed by atoms with van der Waals surface area (Å²) in [5.41, 5.74) is 0. The van der Waals surface area contributed by atoms with Crippen molar-refractivity contribution < 1.29 is 14.7 Å². The Morgan fingerprint density at radius 2 is 1.26 bits per heavy atom. The van der Waals surface area contributed by atoms with Crippen molar-refractivity contribution in [3.05, 3.63) is 0 Å². The smallest absolute Gasteiger partial charge is 0.412 e. The second-order valence-corrected chi connectivity index (χ2v) is 5.73. The minimum absolute atomic E-state index is 0.233. The highest BCUT2D eigenvalue weighted by Gasteiger charge is 2.33. The summed E-state index contributed by atoms with van der Waals surface area (Å²) >= 11 is 0. The molecule has 0 spiro atoms. The summed E-state index contributed by atoms with van der Waals surface area (Å²) in [5, 5.41) is 10.8. The first kappa shape index (κ1) is 14.2. The van der Waals surface area contributed by atoms with Gasteiger partial charge < -0.3 is 10.0 Å². The van der Waals surface area contributed by atoms with E-state index in [0.29, 0.717) is 0 Å². The number of amides is 3. The summed E-state index contributed by atoms with van der Waals surface area (Å²) < 4.78 is 0. The minimum Gasteiger partial charge on any atom is -0.465 e. The SMILES string of the molecule is O=C(O)NC(=O)N(C1CCCCC1)C1CCCCC1. The van der Waals surface area contributed by atoms with Gasteiger partial charge in [-0.3, -0.25) is 0 Å². The number of rotatable bonds is 2. The number of carbonyl (C=O) groups excluding carboxylic acids is 1. The van der Waals surface area contributed by atoms with Crippen LogP contribution in [-0.4, -0.2) is 34.2 Å². The van der Waals surface area contributed by atoms with Gasteiger partial charge in [0.1, 0.15) is 0 Å². The van der Waals surface area contributed by atoms with Crippen molar-refractivity contribution >= 4 is 12.1 Å². The molecule has 2 saturated carbocycles. The van der Waals surface area contributed by atoms with Crippen molar-refractivity contribution in [3.8, 4) is 0 Å². The lowest BCUT2D eigenvalue weighted by Gasteiger charge is -2.41. The molecule has 19 heavy (non-hydrogen) atoms. The fraction of sp³-hybridized carbons (Fsp3) is 0.857. The Morgan fingerprint density at radius 1 is 0.842 bits per heavy atom. The van der Waals surface area contributed by atoms with E-state index in [2.05, 4.69) is 0 Å². The van der Waals surface area contributed by atoms with Crippen molar-refractivity contribution in [1.29, 1.82) is 0 Å². The molecule has 2 aliphatic rings. The molecule has 0 bridgehead atoms. The molecule has 108 valence electrons. The van der Waals surface area contributed by atoms with Crippen LogP contribution in [0, 0.1) is 0 Å². The molecule has 2 fully saturated rings. The predicted octanol–water partition coefficient (Wildman–Crippen LogP) is 3.34. The topological polar surface area (TPSA) is 69.6 Å². The van der Waals surface area contributed by atoms with Gasteiger partial charge in [0.2, 0.25) is 0 Å². The van der Waals surface area contributed by atoms with Gasteiger partial charge in [-0.15, -0.1) is 0 Å². The van der Waals surface area contributed by atoms with Crippen molar-refractivity contribution in [3.63, 3.8) is 0 Å². The Labute approximate surface area is 114 Å². The van der Waals surface area contributed by atoms with Crippen LogP contribution < -0.4 is 5.32 Å². The third-order valence-electron chi connectivity index (χ3n) is 4.38. The Kier molecular flexibility index (Phi) is 5.05. The molecule has 0 radical (unpaired) electrons. The Balaban J connectivity index is 2.06. The predicted molar refractivity (Wildman–Crippen MR) is 72.1 cm³/mol. The van der Waals surface area contributed by atoms with Crippen LogP contribution in [0.5, 0.6) is 0 Å². The quantitative estimate of drug-likeness (QED) is 0.807. The van der Waals surface area contributed by atoms with E-state index >= 15 is 0 Å². The van der Waals surface area contributed by atoms with Crippen LogP contribution in [0.4, 0.5) is 9.59 Å². The number of carbonyl (C=O) groups is 2. The van der Waals surface area contributed by atoms with E-state index in [1.807, 2.05) is 10.2 Å². The fourth-order valence-corrected chi connectivity index (χ4v) is 3.50. The number of hydrogen-bond acceptors (Lipinski definition) is 2. The average molecular weight is 268 g/mol. The molecule has 5 heteroatoms. The molecule has 0 aromatic carbocycles. The molecule has 0 aromatic rings. The zero-order valence-electron chi connectivity index (χ0n) is 11.4. The molecule has 5 nitrogen and oxygen atoms in total. The Hall–Kier alpha value is -1.26. The Morgan fingerprint density at radius 3 is 1.63 bits per heavy atom. The van der Waals surface area contributed by atoms with Crippen molar-refractivity contribution in [2.45, 2.75) is 76.3 Å². The van der Waals surface area contributed by atoms with E-state index in [1.165, 1.54) is 12.8 Å². The summed E-state index contributed by atoms with van der Waals surface area (Å²) in [6.45, 7) is 0. The molecule has 2 aliphatic carbocycles. The van der Waals surface area contributed by atoms with Crippen LogP contribution in [-0.2, 0) is 0 Å². The van der Waals surface area contributed by atoms with Gasteiger partial charge >= 0.3 is 12.1 Å². The lowest BCUT2D eigenvalue weighted by molar-refractivity contribution is 0.103. The lowest BCUT2D eigenvalue weighted by atomic mass is 9.89. The van der Waals surface area contributed by atoms with Gasteiger partial charge in [0, 0.05) is 12.1 Å². The second-order valence-electron chi connectivity index (χ2n) is 5.73. The molecule has 2 rings (SSSR count). The highest BCUT2D eigenvalue weighted by Crippen LogP contribution is 2.30. The molecule has 0 saturated heterocycles. The van der Waals surface area contributed by atoms with E-state index in [9.17, 15) is 9.59 Å². The number of nitrogens with zero attached hydrogens (tertiary/aromatic N) is 1. The zero-order chi connectivity index (χ0) is 13.7. The van der Waals surface area contributed by atoms with Crippen LogP contribution in [0.2, 0.25) is 0 Å². The average Bonchev–Trinajstić information content (AvgIpc) is 2.40. The third-order valence-corrected chi connectivity index (χ3v) is 4.38. The normalized spacial score (nSPS) is 21.9. The first-order chi connectivity index (χ1) is 9.18. The van der Waals surface area contributed by atoms with Gasteiger partial charge in [0.25, 0.3) is 0 Å². The fourth-order valence-electron chi connectivity index (χ4n) is 3.50. The van der Waals surface area contributed by atoms with Crippen LogP contribution in [0.3, 0.4) is 0 Å². The number of hydrogen-bond donors (Lipinski definition) is 2. The van der Waals surface area contributed by atoms with Crippen LogP contribution >= 0.6 is 0 Å². The van der Waals surface area contributed by atoms with Crippen LogP contribution in [0.1, 0.15) is 64.2 Å². The third kappa shape index (κ3) is 3.85. The maximum Gasteiger partial charge on any atom is 0.412 e. The van der Waals surface area contributed by atoms with E-state index in [0.717, 1.165) is 51.4 Å². The van der Waals surface area contributed by atoms with Gasteiger partial charge in [-0.1, -0.05) is 38.5 Å². The molecule has 0 aliphatic heterocycles. The maximum atomic E-state index is 12.2. The summed E-state index contributed by atoms with van der Waals surface area (Å²) in [6, 6.07) is 0.0544. The molecule has 0 heterocycles. The molecule has 2 N–H and O–H groups in total. The molecule has 0 unspecified atom stereocenters. The van der Waals surface area contributed by atoms with Crippen LogP contribution in [0.25, 0.3) is 0 Å². The van der Waals surface area contributed by atoms with Gasteiger partial charge in [-0.2, -0.15) is 0 Å². The summed E-state index contributed by atoms with van der Waals surface area (Å²) in [4.78, 5) is 24.8. The second kappa shape index (κ2) is 6.78. The van der Waals surface area contributed by atoms with E-state index < -0.39 is 12.1 Å². The first-order valence-corrected chi connectivity index (χ1v) is 7.50. The highest BCUT2D eigenvalue weighted by molar-refractivity contribution is 5.90. The number of urea groups is 1. The highest BCUT2D eigenvalue weighted by atomic mass is 16.4. The standard InChI is InChI=1S/C14H24N2O3/c17-13(15-14(18)19)16(11-7-3-1-4-8-11)12-9-5-2-6-10-12/h11-12H,1-10H2,(H,15,17)(H,18,19). The first-order valence-electron chi connectivity index (χ1n) is 7.50. The van der Waals surface area contributed by atoms with Crippen molar-refractivity contribution in [2.75, 3.05) is 0 Å². The number of imide groups is 1. The molecule has 0 aromatic heterocycles. The van der Waals surface area contributed by atoms with Gasteiger partial charge in [-0.25, -0.2) is 14.9 Å². The molecular weight excluding hydrogens is 244 g/mol. The number of nitrogens with one attached hydrogen (secondary N) is 1. The summed E-state index contributed by atoms with van der Waals surface area (Å²) in [7, 11) is 0. The maximum absolute atomic E-state index is 12.2. The number of carboxylic acid groups (broad SMARTS) is 1. The minimum atomic E-state index is -1.25. The molecule has 3 amide bonds. The van der Waals surface area contributed by atoms with Gasteiger partial charge in [0.15, 0.2) is 0 Å².